The molecule has 0 unspecified atom stereocenters. The molecule has 3 nitrogen and oxygen atoms in total. The van der Waals surface area contributed by atoms with Crippen molar-refractivity contribution in [3.8, 4) is 6.07 Å². The van der Waals surface area contributed by atoms with Crippen LogP contribution in [0.2, 0.25) is 0 Å². The lowest BCUT2D eigenvalue weighted by atomic mass is 10.2. The second kappa shape index (κ2) is 4.04. The summed E-state index contributed by atoms with van der Waals surface area (Å²) in [7, 11) is 0. The Morgan fingerprint density at radius 2 is 2.42 bits per heavy atom. The van der Waals surface area contributed by atoms with E-state index in [2.05, 4.69) is 4.98 Å². The van der Waals surface area contributed by atoms with Crippen LogP contribution in [0, 0.1) is 11.3 Å². The van der Waals surface area contributed by atoms with Gasteiger partial charge >= 0.3 is 0 Å². The molecule has 0 spiro atoms. The van der Waals surface area contributed by atoms with Gasteiger partial charge in [-0.05, 0) is 18.2 Å². The molecule has 0 saturated heterocycles. The molecule has 0 aromatic carbocycles. The van der Waals surface area contributed by atoms with E-state index in [1.165, 1.54) is 12.2 Å². The molecule has 58 valence electrons. The monoisotopic (exact) mass is 158 g/mol. The van der Waals surface area contributed by atoms with Gasteiger partial charge in [-0.15, -0.1) is 0 Å². The molecule has 1 aromatic rings. The fraction of sp³-hybridized carbons (Fsp3) is 0. The van der Waals surface area contributed by atoms with Crippen molar-refractivity contribution in [2.45, 2.75) is 0 Å². The average Bonchev–Trinajstić information content (AvgIpc) is 2.15. The molecule has 0 saturated carbocycles. The SMILES string of the molecule is N#CC=Cc1ncccc1C=O. The number of rotatable bonds is 2. The average molecular weight is 158 g/mol. The standard InChI is InChI=1S/C9H6N2O/c10-5-1-4-9-8(7-12)3-2-6-11-9/h1-4,6-7H. The summed E-state index contributed by atoms with van der Waals surface area (Å²) in [5.41, 5.74) is 1.01. The lowest BCUT2D eigenvalue weighted by Crippen LogP contribution is -1.88. The number of aromatic nitrogens is 1. The van der Waals surface area contributed by atoms with E-state index in [4.69, 9.17) is 5.26 Å². The molecule has 12 heavy (non-hydrogen) atoms. The molecule has 0 fully saturated rings. The highest BCUT2D eigenvalue weighted by Crippen LogP contribution is 2.03. The topological polar surface area (TPSA) is 53.8 Å². The number of hydrogen-bond donors (Lipinski definition) is 0. The maximum absolute atomic E-state index is 10.4. The van der Waals surface area contributed by atoms with Gasteiger partial charge in [0.2, 0.25) is 0 Å². The zero-order valence-corrected chi connectivity index (χ0v) is 6.27. The second-order valence-corrected chi connectivity index (χ2v) is 2.06. The Morgan fingerprint density at radius 3 is 3.08 bits per heavy atom. The van der Waals surface area contributed by atoms with Crippen LogP contribution in [0.5, 0.6) is 0 Å². The number of aldehydes is 1. The number of nitriles is 1. The molecule has 1 rings (SSSR count). The fourth-order valence-electron chi connectivity index (χ4n) is 0.785. The molecule has 0 amide bonds. The molecule has 0 aliphatic heterocycles. The number of nitrogens with zero attached hydrogens (tertiary/aromatic N) is 2. The van der Waals surface area contributed by atoms with Crippen LogP contribution in [0.1, 0.15) is 16.1 Å². The lowest BCUT2D eigenvalue weighted by Gasteiger charge is -1.93. The highest BCUT2D eigenvalue weighted by Gasteiger charge is 1.95. The van der Waals surface area contributed by atoms with Gasteiger partial charge in [0.15, 0.2) is 6.29 Å². The van der Waals surface area contributed by atoms with E-state index in [0.717, 1.165) is 0 Å². The molecule has 0 aliphatic carbocycles. The van der Waals surface area contributed by atoms with Crippen LogP contribution in [0.25, 0.3) is 6.08 Å². The Bertz CT molecular complexity index is 350. The minimum absolute atomic E-state index is 0.490. The second-order valence-electron chi connectivity index (χ2n) is 2.06. The van der Waals surface area contributed by atoms with E-state index in [1.54, 1.807) is 18.3 Å². The molecule has 0 N–H and O–H groups in total. The summed E-state index contributed by atoms with van der Waals surface area (Å²) in [5, 5.41) is 8.24. The van der Waals surface area contributed by atoms with E-state index < -0.39 is 0 Å². The van der Waals surface area contributed by atoms with Crippen molar-refractivity contribution in [3.05, 3.63) is 35.7 Å². The van der Waals surface area contributed by atoms with Gasteiger partial charge < -0.3 is 0 Å². The lowest BCUT2D eigenvalue weighted by molar-refractivity contribution is 0.112. The Labute approximate surface area is 70.0 Å². The summed E-state index contributed by atoms with van der Waals surface area (Å²) >= 11 is 0. The summed E-state index contributed by atoms with van der Waals surface area (Å²) in [6, 6.07) is 5.15. The zero-order chi connectivity index (χ0) is 8.81. The van der Waals surface area contributed by atoms with E-state index >= 15 is 0 Å². The first-order valence-corrected chi connectivity index (χ1v) is 3.35. The maximum atomic E-state index is 10.4. The predicted octanol–water partition coefficient (Wildman–Crippen LogP) is 1.43. The van der Waals surface area contributed by atoms with Crippen LogP contribution in [0.3, 0.4) is 0 Å². The van der Waals surface area contributed by atoms with E-state index in [1.807, 2.05) is 6.07 Å². The number of hydrogen-bond acceptors (Lipinski definition) is 3. The first-order valence-electron chi connectivity index (χ1n) is 3.35. The largest absolute Gasteiger partial charge is 0.298 e. The molecule has 1 aromatic heterocycles. The first kappa shape index (κ1) is 8.15. The van der Waals surface area contributed by atoms with Gasteiger partial charge in [0, 0.05) is 17.8 Å². The third kappa shape index (κ3) is 1.77. The number of carbonyl (C=O) groups is 1. The number of carbonyl (C=O) groups excluding carboxylic acids is 1. The van der Waals surface area contributed by atoms with E-state index in [-0.39, 0.29) is 0 Å². The van der Waals surface area contributed by atoms with Crippen LogP contribution in [-0.4, -0.2) is 11.3 Å². The fourth-order valence-corrected chi connectivity index (χ4v) is 0.785. The summed E-state index contributed by atoms with van der Waals surface area (Å²) in [6.07, 6.45) is 5.08. The van der Waals surface area contributed by atoms with Crippen molar-refractivity contribution >= 4 is 12.4 Å². The van der Waals surface area contributed by atoms with Crippen LogP contribution in [0.15, 0.2) is 24.4 Å². The van der Waals surface area contributed by atoms with Crippen molar-refractivity contribution < 1.29 is 4.79 Å². The normalized spacial score (nSPS) is 9.58. The Balaban J connectivity index is 3.07. The van der Waals surface area contributed by atoms with Gasteiger partial charge in [-0.1, -0.05) is 0 Å². The maximum Gasteiger partial charge on any atom is 0.152 e. The van der Waals surface area contributed by atoms with Gasteiger partial charge in [-0.3, -0.25) is 9.78 Å². The zero-order valence-electron chi connectivity index (χ0n) is 6.27. The Hall–Kier alpha value is -1.95. The van der Waals surface area contributed by atoms with Crippen LogP contribution in [0.4, 0.5) is 0 Å². The molecule has 0 atom stereocenters. The molecular formula is C9H6N2O. The van der Waals surface area contributed by atoms with Crippen molar-refractivity contribution in [3.63, 3.8) is 0 Å². The van der Waals surface area contributed by atoms with Gasteiger partial charge in [0.1, 0.15) is 0 Å². The van der Waals surface area contributed by atoms with E-state index in [9.17, 15) is 4.79 Å². The molecule has 1 heterocycles. The molecule has 3 heteroatoms. The molecule has 0 bridgehead atoms. The van der Waals surface area contributed by atoms with E-state index in [0.29, 0.717) is 17.5 Å². The first-order chi connectivity index (χ1) is 5.88. The predicted molar refractivity (Wildman–Crippen MR) is 44.3 cm³/mol. The van der Waals surface area contributed by atoms with Gasteiger partial charge in [-0.2, -0.15) is 5.26 Å². The molecule has 0 radical (unpaired) electrons. The minimum Gasteiger partial charge on any atom is -0.298 e. The van der Waals surface area contributed by atoms with Gasteiger partial charge in [0.25, 0.3) is 0 Å². The smallest absolute Gasteiger partial charge is 0.152 e. The minimum atomic E-state index is 0.490. The van der Waals surface area contributed by atoms with Gasteiger partial charge in [-0.25, -0.2) is 0 Å². The van der Waals surface area contributed by atoms with Crippen molar-refractivity contribution in [1.82, 2.24) is 4.98 Å². The van der Waals surface area contributed by atoms with Crippen molar-refractivity contribution in [2.75, 3.05) is 0 Å². The van der Waals surface area contributed by atoms with Crippen LogP contribution >= 0.6 is 0 Å². The highest BCUT2D eigenvalue weighted by molar-refractivity contribution is 5.80. The van der Waals surface area contributed by atoms with Crippen LogP contribution < -0.4 is 0 Å². The summed E-state index contributed by atoms with van der Waals surface area (Å²) < 4.78 is 0. The number of allylic oxidation sites excluding steroid dienone is 1. The summed E-state index contributed by atoms with van der Waals surface area (Å²) in [5.74, 6) is 0. The van der Waals surface area contributed by atoms with Crippen LogP contribution in [-0.2, 0) is 0 Å². The van der Waals surface area contributed by atoms with Crippen molar-refractivity contribution in [1.29, 1.82) is 5.26 Å². The summed E-state index contributed by atoms with van der Waals surface area (Å²) in [4.78, 5) is 14.4. The summed E-state index contributed by atoms with van der Waals surface area (Å²) in [6.45, 7) is 0. The molecule has 0 aliphatic rings. The van der Waals surface area contributed by atoms with Gasteiger partial charge in [0.05, 0.1) is 11.8 Å². The molecular weight excluding hydrogens is 152 g/mol. The third-order valence-electron chi connectivity index (χ3n) is 1.31. The number of pyridine rings is 1. The highest BCUT2D eigenvalue weighted by atomic mass is 16.1. The third-order valence-corrected chi connectivity index (χ3v) is 1.31. The van der Waals surface area contributed by atoms with Crippen molar-refractivity contribution in [2.24, 2.45) is 0 Å². The Morgan fingerprint density at radius 1 is 1.58 bits per heavy atom. The Kier molecular flexibility index (Phi) is 2.74. The quantitative estimate of drug-likeness (QED) is 0.483.